The average molecular weight is 409 g/mol. The Morgan fingerprint density at radius 2 is 1.92 bits per heavy atom. The first kappa shape index (κ1) is 22.1. The minimum atomic E-state index is -3.63. The molecule has 0 saturated heterocycles. The van der Waals surface area contributed by atoms with E-state index >= 15 is 0 Å². The zero-order chi connectivity index (χ0) is 19.0. The van der Waals surface area contributed by atoms with Gasteiger partial charge >= 0.3 is 0 Å². The van der Waals surface area contributed by atoms with E-state index in [0.29, 0.717) is 23.2 Å². The molecule has 5 nitrogen and oxygen atoms in total. The number of nitrogens with zero attached hydrogens (tertiary/aromatic N) is 1. The van der Waals surface area contributed by atoms with Gasteiger partial charge in [0.1, 0.15) is 6.54 Å². The van der Waals surface area contributed by atoms with Crippen LogP contribution in [0.2, 0.25) is 10.0 Å². The third kappa shape index (κ3) is 7.42. The molecule has 0 radical (unpaired) electrons. The van der Waals surface area contributed by atoms with Gasteiger partial charge in [0.2, 0.25) is 15.9 Å². The Morgan fingerprint density at radius 1 is 1.24 bits per heavy atom. The highest BCUT2D eigenvalue weighted by Crippen LogP contribution is 2.28. The first-order chi connectivity index (χ1) is 11.7. The van der Waals surface area contributed by atoms with Crippen LogP contribution in [0.25, 0.3) is 0 Å². The van der Waals surface area contributed by atoms with Gasteiger partial charge in [-0.1, -0.05) is 56.3 Å². The minimum absolute atomic E-state index is 0.235. The lowest BCUT2D eigenvalue weighted by molar-refractivity contribution is -0.119. The zero-order valence-corrected chi connectivity index (χ0v) is 17.2. The molecule has 0 aliphatic rings. The Labute approximate surface area is 160 Å². The molecule has 1 amide bonds. The van der Waals surface area contributed by atoms with E-state index < -0.39 is 10.0 Å². The van der Waals surface area contributed by atoms with Crippen LogP contribution in [0.15, 0.2) is 18.2 Å². The monoisotopic (exact) mass is 408 g/mol. The number of unbranched alkanes of at least 4 members (excludes halogenated alkanes) is 1. The van der Waals surface area contributed by atoms with E-state index in [4.69, 9.17) is 23.2 Å². The molecule has 0 aliphatic carbocycles. The van der Waals surface area contributed by atoms with Gasteiger partial charge in [0, 0.05) is 6.54 Å². The van der Waals surface area contributed by atoms with Gasteiger partial charge in [-0.15, -0.1) is 0 Å². The predicted molar refractivity (Wildman–Crippen MR) is 105 cm³/mol. The SMILES string of the molecule is CCCCC(CC)CNC(=O)CN(c1ccc(Cl)c(Cl)c1)S(C)(=O)=O. The summed E-state index contributed by atoms with van der Waals surface area (Å²) in [5, 5.41) is 3.40. The maximum Gasteiger partial charge on any atom is 0.240 e. The number of anilines is 1. The molecule has 1 aromatic carbocycles. The molecule has 0 fully saturated rings. The second kappa shape index (κ2) is 10.2. The maximum absolute atomic E-state index is 12.2. The first-order valence-electron chi connectivity index (χ1n) is 8.38. The van der Waals surface area contributed by atoms with Crippen LogP contribution in [0.1, 0.15) is 39.5 Å². The summed E-state index contributed by atoms with van der Waals surface area (Å²) >= 11 is 11.8. The van der Waals surface area contributed by atoms with Crippen LogP contribution in [0, 0.1) is 5.92 Å². The smallest absolute Gasteiger partial charge is 0.240 e. The number of rotatable bonds is 10. The lowest BCUT2D eigenvalue weighted by Crippen LogP contribution is -2.41. The van der Waals surface area contributed by atoms with Crippen LogP contribution in [-0.4, -0.2) is 33.7 Å². The van der Waals surface area contributed by atoms with Crippen LogP contribution in [0.5, 0.6) is 0 Å². The molecule has 8 heteroatoms. The maximum atomic E-state index is 12.2. The second-order valence-corrected chi connectivity index (χ2v) is 8.81. The normalized spacial score (nSPS) is 12.7. The molecule has 1 atom stereocenters. The average Bonchev–Trinajstić information content (AvgIpc) is 2.54. The summed E-state index contributed by atoms with van der Waals surface area (Å²) < 4.78 is 25.2. The quantitative estimate of drug-likeness (QED) is 0.633. The van der Waals surface area contributed by atoms with Gasteiger partial charge in [-0.2, -0.15) is 0 Å². The van der Waals surface area contributed by atoms with Crippen molar-refractivity contribution in [3.63, 3.8) is 0 Å². The summed E-state index contributed by atoms with van der Waals surface area (Å²) in [6.45, 7) is 4.48. The van der Waals surface area contributed by atoms with Crippen molar-refractivity contribution in [2.24, 2.45) is 5.92 Å². The van der Waals surface area contributed by atoms with Crippen LogP contribution in [0.4, 0.5) is 5.69 Å². The highest BCUT2D eigenvalue weighted by molar-refractivity contribution is 7.92. The van der Waals surface area contributed by atoms with E-state index in [2.05, 4.69) is 19.2 Å². The largest absolute Gasteiger partial charge is 0.354 e. The molecule has 142 valence electrons. The van der Waals surface area contributed by atoms with Crippen molar-refractivity contribution in [3.05, 3.63) is 28.2 Å². The molecule has 1 rings (SSSR count). The Hall–Kier alpha value is -0.980. The Bertz CT molecular complexity index is 680. The standard InChI is InChI=1S/C17H26Cl2N2O3S/c1-4-6-7-13(5-2)11-20-17(22)12-21(25(3,23)24)14-8-9-15(18)16(19)10-14/h8-10,13H,4-7,11-12H2,1-3H3,(H,20,22). The molecule has 0 aromatic heterocycles. The van der Waals surface area contributed by atoms with Gasteiger partial charge in [-0.05, 0) is 30.5 Å². The summed E-state index contributed by atoms with van der Waals surface area (Å²) in [5.74, 6) is 0.0620. The second-order valence-electron chi connectivity index (χ2n) is 6.09. The highest BCUT2D eigenvalue weighted by atomic mass is 35.5. The van der Waals surface area contributed by atoms with Gasteiger partial charge in [0.25, 0.3) is 0 Å². The van der Waals surface area contributed by atoms with Gasteiger partial charge in [0.15, 0.2) is 0 Å². The van der Waals surface area contributed by atoms with Crippen LogP contribution in [-0.2, 0) is 14.8 Å². The van der Waals surface area contributed by atoms with Crippen molar-refractivity contribution in [1.29, 1.82) is 0 Å². The third-order valence-corrected chi connectivity index (χ3v) is 5.89. The number of hydrogen-bond acceptors (Lipinski definition) is 3. The number of hydrogen-bond donors (Lipinski definition) is 1. The topological polar surface area (TPSA) is 66.5 Å². The first-order valence-corrected chi connectivity index (χ1v) is 11.0. The minimum Gasteiger partial charge on any atom is -0.354 e. The number of carbonyl (C=O) groups excluding carboxylic acids is 1. The molecule has 1 unspecified atom stereocenters. The molecule has 25 heavy (non-hydrogen) atoms. The number of amides is 1. The van der Waals surface area contributed by atoms with Crippen LogP contribution >= 0.6 is 23.2 Å². The molecule has 0 aliphatic heterocycles. The van der Waals surface area contributed by atoms with Gasteiger partial charge in [-0.25, -0.2) is 8.42 Å². The van der Waals surface area contributed by atoms with Crippen LogP contribution < -0.4 is 9.62 Å². The van der Waals surface area contributed by atoms with E-state index in [0.717, 1.165) is 36.2 Å². The van der Waals surface area contributed by atoms with Gasteiger partial charge < -0.3 is 5.32 Å². The lowest BCUT2D eigenvalue weighted by Gasteiger charge is -2.23. The van der Waals surface area contributed by atoms with Crippen LogP contribution in [0.3, 0.4) is 0 Å². The fraction of sp³-hybridized carbons (Fsp3) is 0.588. The molecule has 1 aromatic rings. The Balaban J connectivity index is 2.79. The predicted octanol–water partition coefficient (Wildman–Crippen LogP) is 4.09. The van der Waals surface area contributed by atoms with E-state index in [1.165, 1.54) is 18.2 Å². The molecule has 0 saturated carbocycles. The van der Waals surface area contributed by atoms with E-state index in [9.17, 15) is 13.2 Å². The van der Waals surface area contributed by atoms with Crippen molar-refractivity contribution in [3.8, 4) is 0 Å². The Morgan fingerprint density at radius 3 is 2.44 bits per heavy atom. The third-order valence-electron chi connectivity index (χ3n) is 4.01. The zero-order valence-electron chi connectivity index (χ0n) is 14.9. The number of carbonyl (C=O) groups is 1. The summed E-state index contributed by atoms with van der Waals surface area (Å²) in [6, 6.07) is 4.47. The number of nitrogens with one attached hydrogen (secondary N) is 1. The Kier molecular flexibility index (Phi) is 9.03. The van der Waals surface area contributed by atoms with E-state index in [-0.39, 0.29) is 17.5 Å². The van der Waals surface area contributed by atoms with Gasteiger partial charge in [-0.3, -0.25) is 9.10 Å². The van der Waals surface area contributed by atoms with E-state index in [1.54, 1.807) is 0 Å². The molecular weight excluding hydrogens is 383 g/mol. The molecule has 0 spiro atoms. The van der Waals surface area contributed by atoms with Crippen molar-refractivity contribution >= 4 is 44.8 Å². The fourth-order valence-corrected chi connectivity index (χ4v) is 3.57. The highest BCUT2D eigenvalue weighted by Gasteiger charge is 2.22. The van der Waals surface area contributed by atoms with Crippen molar-refractivity contribution in [2.75, 3.05) is 23.7 Å². The van der Waals surface area contributed by atoms with Gasteiger partial charge in [0.05, 0.1) is 22.0 Å². The van der Waals surface area contributed by atoms with Crippen molar-refractivity contribution in [2.45, 2.75) is 39.5 Å². The number of sulfonamides is 1. The summed E-state index contributed by atoms with van der Waals surface area (Å²) in [5.41, 5.74) is 0.310. The number of benzene rings is 1. The lowest BCUT2D eigenvalue weighted by atomic mass is 9.99. The van der Waals surface area contributed by atoms with E-state index in [1.807, 2.05) is 0 Å². The molecule has 1 N–H and O–H groups in total. The molecule has 0 bridgehead atoms. The summed E-state index contributed by atoms with van der Waals surface area (Å²) in [7, 11) is -3.63. The van der Waals surface area contributed by atoms with Crippen molar-refractivity contribution < 1.29 is 13.2 Å². The summed E-state index contributed by atoms with van der Waals surface area (Å²) in [4.78, 5) is 12.2. The fourth-order valence-electron chi connectivity index (χ4n) is 2.43. The number of halogens is 2. The van der Waals surface area contributed by atoms with Crippen molar-refractivity contribution in [1.82, 2.24) is 5.32 Å². The summed E-state index contributed by atoms with van der Waals surface area (Å²) in [6.07, 6.45) is 5.31. The molecule has 0 heterocycles. The molecular formula is C17H26Cl2N2O3S.